The first kappa shape index (κ1) is 25.2. The number of rotatable bonds is 10. The van der Waals surface area contributed by atoms with Gasteiger partial charge in [0.15, 0.2) is 18.1 Å². The Kier molecular flexibility index (Phi) is 9.42. The number of benzene rings is 2. The molecular formula is C25H32N4O5. The van der Waals surface area contributed by atoms with Gasteiger partial charge in [0, 0.05) is 18.8 Å². The lowest BCUT2D eigenvalue weighted by molar-refractivity contribution is -0.123. The van der Waals surface area contributed by atoms with Gasteiger partial charge in [-0.3, -0.25) is 14.5 Å². The zero-order valence-electron chi connectivity index (χ0n) is 19.9. The Morgan fingerprint density at radius 1 is 1.03 bits per heavy atom. The van der Waals surface area contributed by atoms with Gasteiger partial charge >= 0.3 is 0 Å². The van der Waals surface area contributed by atoms with E-state index in [9.17, 15) is 9.59 Å². The van der Waals surface area contributed by atoms with Crippen LogP contribution in [0.2, 0.25) is 0 Å². The van der Waals surface area contributed by atoms with Crippen molar-refractivity contribution in [3.05, 3.63) is 53.1 Å². The summed E-state index contributed by atoms with van der Waals surface area (Å²) in [5.41, 5.74) is 6.25. The van der Waals surface area contributed by atoms with Gasteiger partial charge in [0.05, 0.1) is 32.6 Å². The second-order valence-corrected chi connectivity index (χ2v) is 7.96. The molecule has 0 aliphatic carbocycles. The number of hydrogen-bond acceptors (Lipinski definition) is 7. The van der Waals surface area contributed by atoms with E-state index in [-0.39, 0.29) is 25.0 Å². The predicted molar refractivity (Wildman–Crippen MR) is 131 cm³/mol. The molecule has 0 radical (unpaired) electrons. The van der Waals surface area contributed by atoms with Crippen LogP contribution in [-0.2, 0) is 14.3 Å². The number of ether oxygens (including phenoxy) is 3. The fourth-order valence-electron chi connectivity index (χ4n) is 3.33. The molecule has 2 aromatic rings. The number of hydrazone groups is 1. The van der Waals surface area contributed by atoms with Crippen molar-refractivity contribution >= 4 is 23.7 Å². The van der Waals surface area contributed by atoms with Crippen molar-refractivity contribution in [3.63, 3.8) is 0 Å². The lowest BCUT2D eigenvalue weighted by Gasteiger charge is -2.25. The summed E-state index contributed by atoms with van der Waals surface area (Å²) in [5.74, 6) is 0.493. The number of hydrogen-bond donors (Lipinski definition) is 2. The summed E-state index contributed by atoms with van der Waals surface area (Å²) in [7, 11) is 0. The molecule has 1 aliphatic heterocycles. The largest absolute Gasteiger partial charge is 0.490 e. The summed E-state index contributed by atoms with van der Waals surface area (Å²) in [4.78, 5) is 26.4. The van der Waals surface area contributed by atoms with E-state index >= 15 is 0 Å². The van der Waals surface area contributed by atoms with Gasteiger partial charge in [0.1, 0.15) is 0 Å². The molecule has 1 heterocycles. The number of morpholine rings is 1. The molecule has 2 amide bonds. The van der Waals surface area contributed by atoms with Crippen LogP contribution in [0.25, 0.3) is 0 Å². The molecule has 0 aromatic heterocycles. The smallest absolute Gasteiger partial charge is 0.262 e. The molecule has 9 nitrogen and oxygen atoms in total. The maximum Gasteiger partial charge on any atom is 0.262 e. The first-order chi connectivity index (χ1) is 16.4. The van der Waals surface area contributed by atoms with E-state index in [0.717, 1.165) is 35.5 Å². The van der Waals surface area contributed by atoms with Crippen molar-refractivity contribution in [2.45, 2.75) is 20.8 Å². The molecule has 2 N–H and O–H groups in total. The molecule has 0 saturated carbocycles. The van der Waals surface area contributed by atoms with E-state index in [2.05, 4.69) is 15.8 Å². The van der Waals surface area contributed by atoms with E-state index in [4.69, 9.17) is 14.2 Å². The highest BCUT2D eigenvalue weighted by Crippen LogP contribution is 2.28. The van der Waals surface area contributed by atoms with Crippen LogP contribution >= 0.6 is 0 Å². The Balaban J connectivity index is 1.53. The Morgan fingerprint density at radius 2 is 1.82 bits per heavy atom. The zero-order valence-corrected chi connectivity index (χ0v) is 19.9. The van der Waals surface area contributed by atoms with E-state index in [1.54, 1.807) is 18.2 Å². The highest BCUT2D eigenvalue weighted by atomic mass is 16.5. The molecule has 9 heteroatoms. The van der Waals surface area contributed by atoms with Crippen LogP contribution < -0.4 is 20.2 Å². The first-order valence-corrected chi connectivity index (χ1v) is 11.3. The molecule has 1 fully saturated rings. The van der Waals surface area contributed by atoms with Crippen LogP contribution in [0, 0.1) is 13.8 Å². The molecular weight excluding hydrogens is 436 g/mol. The average molecular weight is 469 g/mol. The van der Waals surface area contributed by atoms with E-state index in [1.165, 1.54) is 6.21 Å². The predicted octanol–water partition coefficient (Wildman–Crippen LogP) is 2.50. The SMILES string of the molecule is CCOc1cc(C=NNC(=O)CN2CCOCC2)ccc1OCC(=O)Nc1ccc(C)c(C)c1. The lowest BCUT2D eigenvalue weighted by Crippen LogP contribution is -2.42. The first-order valence-electron chi connectivity index (χ1n) is 11.3. The molecule has 0 bridgehead atoms. The Morgan fingerprint density at radius 3 is 2.56 bits per heavy atom. The van der Waals surface area contributed by atoms with Crippen molar-refractivity contribution in [3.8, 4) is 11.5 Å². The zero-order chi connectivity index (χ0) is 24.3. The highest BCUT2D eigenvalue weighted by Gasteiger charge is 2.14. The molecule has 0 atom stereocenters. The summed E-state index contributed by atoms with van der Waals surface area (Å²) in [6, 6.07) is 11.0. The second kappa shape index (κ2) is 12.7. The summed E-state index contributed by atoms with van der Waals surface area (Å²) < 4.78 is 16.6. The van der Waals surface area contributed by atoms with Gasteiger partial charge in [-0.15, -0.1) is 0 Å². The topological polar surface area (TPSA) is 101 Å². The molecule has 0 spiro atoms. The third kappa shape index (κ3) is 7.86. The number of nitrogens with one attached hydrogen (secondary N) is 2. The summed E-state index contributed by atoms with van der Waals surface area (Å²) in [6.07, 6.45) is 1.54. The van der Waals surface area contributed by atoms with Crippen molar-refractivity contribution in [1.29, 1.82) is 0 Å². The second-order valence-electron chi connectivity index (χ2n) is 7.96. The van der Waals surface area contributed by atoms with Crippen LogP contribution in [0.4, 0.5) is 5.69 Å². The number of anilines is 1. The van der Waals surface area contributed by atoms with Gasteiger partial charge in [0.25, 0.3) is 11.8 Å². The van der Waals surface area contributed by atoms with Crippen molar-refractivity contribution < 1.29 is 23.8 Å². The van der Waals surface area contributed by atoms with Gasteiger partial charge in [-0.25, -0.2) is 5.43 Å². The summed E-state index contributed by atoms with van der Waals surface area (Å²) in [5, 5.41) is 6.86. The molecule has 1 saturated heterocycles. The molecule has 0 unspecified atom stereocenters. The van der Waals surface area contributed by atoms with Crippen LogP contribution in [-0.4, -0.2) is 69.0 Å². The Labute approximate surface area is 200 Å². The van der Waals surface area contributed by atoms with E-state index < -0.39 is 0 Å². The van der Waals surface area contributed by atoms with Crippen molar-refractivity contribution in [2.24, 2.45) is 5.10 Å². The maximum atomic E-state index is 12.3. The summed E-state index contributed by atoms with van der Waals surface area (Å²) >= 11 is 0. The number of amides is 2. The molecule has 3 rings (SSSR count). The normalized spacial score (nSPS) is 14.1. The number of aryl methyl sites for hydroxylation is 2. The number of carbonyl (C=O) groups is 2. The van der Waals surface area contributed by atoms with Gasteiger partial charge in [-0.05, 0) is 67.8 Å². The average Bonchev–Trinajstić information content (AvgIpc) is 2.82. The third-order valence-corrected chi connectivity index (χ3v) is 5.29. The van der Waals surface area contributed by atoms with Crippen molar-refractivity contribution in [2.75, 3.05) is 51.4 Å². The van der Waals surface area contributed by atoms with E-state index in [1.807, 2.05) is 43.9 Å². The monoisotopic (exact) mass is 468 g/mol. The van der Waals surface area contributed by atoms with E-state index in [0.29, 0.717) is 31.3 Å². The van der Waals surface area contributed by atoms with Gasteiger partial charge in [-0.1, -0.05) is 6.07 Å². The van der Waals surface area contributed by atoms with Gasteiger partial charge < -0.3 is 19.5 Å². The minimum Gasteiger partial charge on any atom is -0.490 e. The van der Waals surface area contributed by atoms with Gasteiger partial charge in [-0.2, -0.15) is 5.10 Å². The van der Waals surface area contributed by atoms with Crippen LogP contribution in [0.15, 0.2) is 41.5 Å². The third-order valence-electron chi connectivity index (χ3n) is 5.29. The highest BCUT2D eigenvalue weighted by molar-refractivity contribution is 5.92. The van der Waals surface area contributed by atoms with Gasteiger partial charge in [0.2, 0.25) is 0 Å². The Hall–Kier alpha value is -3.43. The fourth-order valence-corrected chi connectivity index (χ4v) is 3.33. The Bertz CT molecular complexity index is 1020. The minimum absolute atomic E-state index is 0.155. The molecule has 2 aromatic carbocycles. The number of nitrogens with zero attached hydrogens (tertiary/aromatic N) is 2. The van der Waals surface area contributed by atoms with Crippen LogP contribution in [0.3, 0.4) is 0 Å². The quantitative estimate of drug-likeness (QED) is 0.410. The summed E-state index contributed by atoms with van der Waals surface area (Å²) in [6.45, 7) is 9.18. The number of carbonyl (C=O) groups excluding carboxylic acids is 2. The lowest BCUT2D eigenvalue weighted by atomic mass is 10.1. The molecule has 182 valence electrons. The van der Waals surface area contributed by atoms with Crippen molar-refractivity contribution in [1.82, 2.24) is 10.3 Å². The van der Waals surface area contributed by atoms with Crippen LogP contribution in [0.5, 0.6) is 11.5 Å². The van der Waals surface area contributed by atoms with Crippen LogP contribution in [0.1, 0.15) is 23.6 Å². The standard InChI is InChI=1S/C25H32N4O5/c1-4-33-23-14-20(15-26-28-24(30)16-29-9-11-32-12-10-29)6-8-22(23)34-17-25(31)27-21-7-5-18(2)19(3)13-21/h5-8,13-15H,4,9-12,16-17H2,1-3H3,(H,27,31)(H,28,30). The maximum absolute atomic E-state index is 12.3. The fraction of sp³-hybridized carbons (Fsp3) is 0.400. The molecule has 34 heavy (non-hydrogen) atoms. The minimum atomic E-state index is -0.265. The molecule has 1 aliphatic rings.